The molecule has 3 rings (SSSR count). The third-order valence-electron chi connectivity index (χ3n) is 3.52. The van der Waals surface area contributed by atoms with E-state index in [1.165, 1.54) is 11.8 Å². The van der Waals surface area contributed by atoms with Gasteiger partial charge < -0.3 is 0 Å². The zero-order chi connectivity index (χ0) is 14.8. The Bertz CT molecular complexity index is 841. The van der Waals surface area contributed by atoms with E-state index in [4.69, 9.17) is 0 Å². The summed E-state index contributed by atoms with van der Waals surface area (Å²) in [6, 6.07) is 15.8. The molecule has 0 aliphatic heterocycles. The van der Waals surface area contributed by atoms with Crippen LogP contribution in [0.1, 0.15) is 11.1 Å². The van der Waals surface area contributed by atoms with Crippen LogP contribution in [-0.2, 0) is 6.54 Å². The molecule has 21 heavy (non-hydrogen) atoms. The molecule has 0 aliphatic rings. The summed E-state index contributed by atoms with van der Waals surface area (Å²) in [4.78, 5) is 17.5. The first-order chi connectivity index (χ1) is 10.2. The smallest absolute Gasteiger partial charge is 0.262 e. The van der Waals surface area contributed by atoms with Crippen molar-refractivity contribution in [2.24, 2.45) is 0 Å². The van der Waals surface area contributed by atoms with Crippen LogP contribution >= 0.6 is 11.8 Å². The van der Waals surface area contributed by atoms with Crippen molar-refractivity contribution >= 4 is 22.7 Å². The predicted octanol–water partition coefficient (Wildman–Crippen LogP) is 3.48. The van der Waals surface area contributed by atoms with E-state index in [0.29, 0.717) is 11.9 Å². The van der Waals surface area contributed by atoms with Gasteiger partial charge in [0.15, 0.2) is 5.16 Å². The number of thioether (sulfide) groups is 1. The Balaban J connectivity index is 2.23. The number of nitrogens with zero attached hydrogens (tertiary/aromatic N) is 2. The zero-order valence-electron chi connectivity index (χ0n) is 12.0. The van der Waals surface area contributed by atoms with Gasteiger partial charge in [0.1, 0.15) is 0 Å². The summed E-state index contributed by atoms with van der Waals surface area (Å²) < 4.78 is 1.76. The first kappa shape index (κ1) is 13.9. The van der Waals surface area contributed by atoms with E-state index in [-0.39, 0.29) is 5.56 Å². The van der Waals surface area contributed by atoms with Crippen LogP contribution in [0.2, 0.25) is 0 Å². The molecule has 0 unspecified atom stereocenters. The molecule has 0 amide bonds. The predicted molar refractivity (Wildman–Crippen MR) is 88.1 cm³/mol. The quantitative estimate of drug-likeness (QED) is 0.548. The van der Waals surface area contributed by atoms with E-state index in [1.807, 2.05) is 61.7 Å². The van der Waals surface area contributed by atoms with Crippen molar-refractivity contribution in [2.75, 3.05) is 6.26 Å². The van der Waals surface area contributed by atoms with E-state index >= 15 is 0 Å². The Morgan fingerprint density at radius 2 is 1.86 bits per heavy atom. The number of hydrogen-bond donors (Lipinski definition) is 0. The molecule has 0 spiro atoms. The van der Waals surface area contributed by atoms with Crippen LogP contribution in [0.15, 0.2) is 58.5 Å². The largest absolute Gasteiger partial charge is 0.283 e. The average molecular weight is 296 g/mol. The third kappa shape index (κ3) is 2.59. The molecular weight excluding hydrogens is 280 g/mol. The number of aromatic nitrogens is 2. The van der Waals surface area contributed by atoms with Crippen molar-refractivity contribution in [3.8, 4) is 0 Å². The maximum atomic E-state index is 12.8. The van der Waals surface area contributed by atoms with Crippen LogP contribution in [0.3, 0.4) is 0 Å². The second-order valence-corrected chi connectivity index (χ2v) is 5.72. The third-order valence-corrected chi connectivity index (χ3v) is 4.20. The lowest BCUT2D eigenvalue weighted by molar-refractivity contribution is 0.658. The topological polar surface area (TPSA) is 34.9 Å². The van der Waals surface area contributed by atoms with Crippen molar-refractivity contribution in [1.29, 1.82) is 0 Å². The lowest BCUT2D eigenvalue weighted by Gasteiger charge is -2.12. The van der Waals surface area contributed by atoms with Crippen LogP contribution in [-0.4, -0.2) is 15.8 Å². The zero-order valence-corrected chi connectivity index (χ0v) is 12.9. The molecule has 0 aliphatic carbocycles. The van der Waals surface area contributed by atoms with Crippen LogP contribution in [0.5, 0.6) is 0 Å². The molecule has 2 aromatic carbocycles. The van der Waals surface area contributed by atoms with Crippen LogP contribution in [0, 0.1) is 6.92 Å². The van der Waals surface area contributed by atoms with Gasteiger partial charge in [0.25, 0.3) is 5.56 Å². The second-order valence-electron chi connectivity index (χ2n) is 4.94. The summed E-state index contributed by atoms with van der Waals surface area (Å²) in [5.41, 5.74) is 2.88. The Morgan fingerprint density at radius 1 is 1.10 bits per heavy atom. The molecule has 0 radical (unpaired) electrons. The van der Waals surface area contributed by atoms with E-state index < -0.39 is 0 Å². The Kier molecular flexibility index (Phi) is 3.80. The molecule has 1 heterocycles. The van der Waals surface area contributed by atoms with Crippen molar-refractivity contribution in [2.45, 2.75) is 18.6 Å². The lowest BCUT2D eigenvalue weighted by Crippen LogP contribution is -2.24. The van der Waals surface area contributed by atoms with Crippen molar-refractivity contribution in [3.05, 3.63) is 70.0 Å². The van der Waals surface area contributed by atoms with Gasteiger partial charge in [-0.1, -0.05) is 54.2 Å². The van der Waals surface area contributed by atoms with Gasteiger partial charge in [-0.2, -0.15) is 0 Å². The normalized spacial score (nSPS) is 11.0. The lowest BCUT2D eigenvalue weighted by atomic mass is 10.1. The molecule has 4 heteroatoms. The molecule has 1 aromatic heterocycles. The van der Waals surface area contributed by atoms with E-state index in [2.05, 4.69) is 4.98 Å². The highest BCUT2D eigenvalue weighted by molar-refractivity contribution is 7.98. The summed E-state index contributed by atoms with van der Waals surface area (Å²) in [6.45, 7) is 2.50. The first-order valence-corrected chi connectivity index (χ1v) is 8.01. The van der Waals surface area contributed by atoms with Gasteiger partial charge in [0.2, 0.25) is 0 Å². The highest BCUT2D eigenvalue weighted by Crippen LogP contribution is 2.18. The number of fused-ring (bicyclic) bond motifs is 1. The molecule has 3 nitrogen and oxygen atoms in total. The summed E-state index contributed by atoms with van der Waals surface area (Å²) in [6.07, 6.45) is 1.95. The molecule has 0 atom stereocenters. The highest BCUT2D eigenvalue weighted by atomic mass is 32.2. The Morgan fingerprint density at radius 3 is 2.57 bits per heavy atom. The molecular formula is C17H16N2OS. The number of rotatable bonds is 3. The summed E-state index contributed by atoms with van der Waals surface area (Å²) >= 11 is 1.50. The standard InChI is InChI=1S/C17H16N2OS/c1-12-7-6-10-14-15(12)16(20)19(17(18-14)21-2)11-13-8-4-3-5-9-13/h3-10H,11H2,1-2H3. The fourth-order valence-corrected chi connectivity index (χ4v) is 3.03. The monoisotopic (exact) mass is 296 g/mol. The van der Waals surface area contributed by atoms with Gasteiger partial charge in [-0.3, -0.25) is 9.36 Å². The Labute approximate surface area is 127 Å². The summed E-state index contributed by atoms with van der Waals surface area (Å²) in [7, 11) is 0. The minimum absolute atomic E-state index is 0.0336. The van der Waals surface area contributed by atoms with Gasteiger partial charge in [-0.15, -0.1) is 0 Å². The number of aryl methyl sites for hydroxylation is 1. The van der Waals surface area contributed by atoms with Gasteiger partial charge in [0.05, 0.1) is 17.4 Å². The molecule has 0 fully saturated rings. The van der Waals surface area contributed by atoms with Gasteiger partial charge in [-0.25, -0.2) is 4.98 Å². The van der Waals surface area contributed by atoms with Gasteiger partial charge in [0, 0.05) is 0 Å². The minimum Gasteiger partial charge on any atom is -0.283 e. The molecule has 0 saturated carbocycles. The van der Waals surface area contributed by atoms with Crippen LogP contribution in [0.4, 0.5) is 0 Å². The average Bonchev–Trinajstić information content (AvgIpc) is 2.51. The van der Waals surface area contributed by atoms with Crippen LogP contribution in [0.25, 0.3) is 10.9 Å². The van der Waals surface area contributed by atoms with Crippen LogP contribution < -0.4 is 5.56 Å². The van der Waals surface area contributed by atoms with Crippen molar-refractivity contribution < 1.29 is 0 Å². The number of benzene rings is 2. The molecule has 0 saturated heterocycles. The summed E-state index contributed by atoms with van der Waals surface area (Å²) in [5.74, 6) is 0. The van der Waals surface area contributed by atoms with Crippen molar-refractivity contribution in [3.63, 3.8) is 0 Å². The number of hydrogen-bond acceptors (Lipinski definition) is 3. The highest BCUT2D eigenvalue weighted by Gasteiger charge is 2.12. The Hall–Kier alpha value is -2.07. The van der Waals surface area contributed by atoms with Gasteiger partial charge in [-0.05, 0) is 30.4 Å². The summed E-state index contributed by atoms with van der Waals surface area (Å²) in [5, 5.41) is 1.47. The molecule has 0 N–H and O–H groups in total. The fraction of sp³-hybridized carbons (Fsp3) is 0.176. The van der Waals surface area contributed by atoms with Gasteiger partial charge >= 0.3 is 0 Å². The molecule has 3 aromatic rings. The van der Waals surface area contributed by atoms with E-state index in [0.717, 1.165) is 21.8 Å². The second kappa shape index (κ2) is 5.74. The maximum Gasteiger partial charge on any atom is 0.262 e. The SMILES string of the molecule is CSc1nc2cccc(C)c2c(=O)n1Cc1ccccc1. The van der Waals surface area contributed by atoms with Crippen molar-refractivity contribution in [1.82, 2.24) is 9.55 Å². The fourth-order valence-electron chi connectivity index (χ4n) is 2.47. The maximum absolute atomic E-state index is 12.8. The van der Waals surface area contributed by atoms with E-state index in [9.17, 15) is 4.79 Å². The molecule has 106 valence electrons. The molecule has 0 bridgehead atoms. The first-order valence-electron chi connectivity index (χ1n) is 6.79. The minimum atomic E-state index is 0.0336. The van der Waals surface area contributed by atoms with E-state index in [1.54, 1.807) is 4.57 Å².